The van der Waals surface area contributed by atoms with Gasteiger partial charge in [-0.2, -0.15) is 0 Å². The van der Waals surface area contributed by atoms with Crippen molar-refractivity contribution in [1.82, 2.24) is 10.6 Å². The van der Waals surface area contributed by atoms with Gasteiger partial charge < -0.3 is 10.6 Å². The summed E-state index contributed by atoms with van der Waals surface area (Å²) in [6, 6.07) is 0. The van der Waals surface area contributed by atoms with Gasteiger partial charge in [-0.1, -0.05) is 39.0 Å². The first-order valence-corrected chi connectivity index (χ1v) is 8.03. The largest absolute Gasteiger partial charge is 0.355 e. The molecule has 2 fully saturated rings. The minimum absolute atomic E-state index is 0.0684. The summed E-state index contributed by atoms with van der Waals surface area (Å²) in [7, 11) is 2.01. The van der Waals surface area contributed by atoms with Gasteiger partial charge in [-0.15, -0.1) is 0 Å². The van der Waals surface area contributed by atoms with Crippen LogP contribution in [0.5, 0.6) is 0 Å². The van der Waals surface area contributed by atoms with E-state index >= 15 is 0 Å². The molecule has 0 aromatic heterocycles. The molecule has 0 aliphatic heterocycles. The maximum atomic E-state index is 12.2. The molecule has 2 rings (SSSR count). The smallest absolute Gasteiger partial charge is 0.221 e. The summed E-state index contributed by atoms with van der Waals surface area (Å²) in [5, 5.41) is 6.62. The zero-order valence-corrected chi connectivity index (χ0v) is 12.7. The third-order valence-electron chi connectivity index (χ3n) is 5.36. The Hall–Kier alpha value is -0.570. The predicted molar refractivity (Wildman–Crippen MR) is 79.1 cm³/mol. The van der Waals surface area contributed by atoms with Gasteiger partial charge in [-0.05, 0) is 38.1 Å². The molecule has 19 heavy (non-hydrogen) atoms. The van der Waals surface area contributed by atoms with Gasteiger partial charge in [0, 0.05) is 18.5 Å². The Labute approximate surface area is 117 Å². The highest BCUT2D eigenvalue weighted by Crippen LogP contribution is 2.37. The topological polar surface area (TPSA) is 41.1 Å². The van der Waals surface area contributed by atoms with Gasteiger partial charge >= 0.3 is 0 Å². The predicted octanol–water partition coefficient (Wildman–Crippen LogP) is 3.00. The van der Waals surface area contributed by atoms with Crippen LogP contribution in [0.4, 0.5) is 0 Å². The van der Waals surface area contributed by atoms with Gasteiger partial charge in [0.2, 0.25) is 5.91 Å². The second-order valence-electron chi connectivity index (χ2n) is 7.06. The fourth-order valence-corrected chi connectivity index (χ4v) is 3.83. The van der Waals surface area contributed by atoms with Crippen LogP contribution in [0, 0.1) is 5.41 Å². The van der Waals surface area contributed by atoms with Crippen LogP contribution in [-0.2, 0) is 4.79 Å². The van der Waals surface area contributed by atoms with Crippen molar-refractivity contribution in [3.05, 3.63) is 0 Å². The number of hydrogen-bond donors (Lipinski definition) is 2. The fraction of sp³-hybridized carbons (Fsp3) is 0.938. The Morgan fingerprint density at radius 1 is 1.00 bits per heavy atom. The molecule has 0 saturated heterocycles. The van der Waals surface area contributed by atoms with E-state index in [4.69, 9.17) is 0 Å². The molecule has 0 heterocycles. The van der Waals surface area contributed by atoms with Gasteiger partial charge in [0.15, 0.2) is 0 Å². The van der Waals surface area contributed by atoms with E-state index in [1.54, 1.807) is 0 Å². The van der Waals surface area contributed by atoms with E-state index in [1.807, 2.05) is 7.05 Å². The van der Waals surface area contributed by atoms with E-state index in [1.165, 1.54) is 44.9 Å². The Morgan fingerprint density at radius 2 is 1.58 bits per heavy atom. The molecule has 0 aromatic carbocycles. The molecule has 2 saturated carbocycles. The fourth-order valence-electron chi connectivity index (χ4n) is 3.83. The molecule has 0 spiro atoms. The van der Waals surface area contributed by atoms with Crippen molar-refractivity contribution in [2.45, 2.75) is 76.7 Å². The highest BCUT2D eigenvalue weighted by Gasteiger charge is 2.34. The molecule has 0 aromatic rings. The van der Waals surface area contributed by atoms with Gasteiger partial charge in [0.05, 0.1) is 0 Å². The van der Waals surface area contributed by atoms with Crippen molar-refractivity contribution in [2.24, 2.45) is 5.41 Å². The van der Waals surface area contributed by atoms with Crippen molar-refractivity contribution in [1.29, 1.82) is 0 Å². The lowest BCUT2D eigenvalue weighted by molar-refractivity contribution is -0.123. The second-order valence-corrected chi connectivity index (χ2v) is 7.06. The van der Waals surface area contributed by atoms with E-state index < -0.39 is 0 Å². The average Bonchev–Trinajstić information content (AvgIpc) is 2.85. The monoisotopic (exact) mass is 266 g/mol. The molecule has 1 amide bonds. The van der Waals surface area contributed by atoms with Gasteiger partial charge in [-0.25, -0.2) is 0 Å². The number of carbonyl (C=O) groups excluding carboxylic acids is 1. The maximum absolute atomic E-state index is 12.2. The third kappa shape index (κ3) is 3.95. The van der Waals surface area contributed by atoms with Crippen LogP contribution >= 0.6 is 0 Å². The first-order chi connectivity index (χ1) is 9.08. The van der Waals surface area contributed by atoms with Crippen molar-refractivity contribution in [2.75, 3.05) is 13.6 Å². The zero-order chi connectivity index (χ0) is 13.8. The van der Waals surface area contributed by atoms with Crippen LogP contribution in [0.3, 0.4) is 0 Å². The molecule has 2 aliphatic rings. The van der Waals surface area contributed by atoms with E-state index in [9.17, 15) is 4.79 Å². The molecular formula is C16H30N2O. The third-order valence-corrected chi connectivity index (χ3v) is 5.36. The van der Waals surface area contributed by atoms with E-state index in [0.717, 1.165) is 19.4 Å². The van der Waals surface area contributed by atoms with Gasteiger partial charge in [0.25, 0.3) is 0 Å². The second kappa shape index (κ2) is 6.25. The SMILES string of the molecule is CNC1(CC(=O)NCC2(C)CCCC2)CCCCC1. The standard InChI is InChI=1S/C16H30N2O/c1-15(8-6-7-9-15)13-18-14(19)12-16(17-2)10-4-3-5-11-16/h17H,3-13H2,1-2H3,(H,18,19). The first kappa shape index (κ1) is 14.8. The number of hydrogen-bond acceptors (Lipinski definition) is 2. The molecule has 0 radical (unpaired) electrons. The van der Waals surface area contributed by atoms with Crippen LogP contribution in [-0.4, -0.2) is 25.0 Å². The molecule has 0 unspecified atom stereocenters. The summed E-state index contributed by atoms with van der Waals surface area (Å²) in [6.07, 6.45) is 12.0. The average molecular weight is 266 g/mol. The minimum Gasteiger partial charge on any atom is -0.355 e. The van der Waals surface area contributed by atoms with Crippen molar-refractivity contribution in [3.63, 3.8) is 0 Å². The van der Waals surface area contributed by atoms with Crippen LogP contribution in [0.2, 0.25) is 0 Å². The van der Waals surface area contributed by atoms with Gasteiger partial charge in [0.1, 0.15) is 0 Å². The van der Waals surface area contributed by atoms with Crippen molar-refractivity contribution in [3.8, 4) is 0 Å². The van der Waals surface area contributed by atoms with E-state index in [2.05, 4.69) is 17.6 Å². The Bertz CT molecular complexity index is 302. The summed E-state index contributed by atoms with van der Waals surface area (Å²) in [6.45, 7) is 3.18. The Balaban J connectivity index is 1.79. The Morgan fingerprint density at radius 3 is 2.16 bits per heavy atom. The number of rotatable bonds is 5. The summed E-state index contributed by atoms with van der Waals surface area (Å²) < 4.78 is 0. The lowest BCUT2D eigenvalue weighted by atomic mass is 9.79. The number of carbonyl (C=O) groups is 1. The molecule has 0 atom stereocenters. The molecular weight excluding hydrogens is 236 g/mol. The van der Waals surface area contributed by atoms with Crippen LogP contribution in [0.15, 0.2) is 0 Å². The molecule has 2 N–H and O–H groups in total. The minimum atomic E-state index is 0.0684. The van der Waals surface area contributed by atoms with Crippen LogP contribution in [0.25, 0.3) is 0 Å². The highest BCUT2D eigenvalue weighted by atomic mass is 16.1. The lowest BCUT2D eigenvalue weighted by Crippen LogP contribution is -2.49. The number of amides is 1. The van der Waals surface area contributed by atoms with E-state index in [0.29, 0.717) is 11.8 Å². The first-order valence-electron chi connectivity index (χ1n) is 8.03. The molecule has 0 bridgehead atoms. The highest BCUT2D eigenvalue weighted by molar-refractivity contribution is 5.77. The van der Waals surface area contributed by atoms with Crippen molar-refractivity contribution < 1.29 is 4.79 Å². The number of nitrogens with one attached hydrogen (secondary N) is 2. The van der Waals surface area contributed by atoms with Crippen LogP contribution in [0.1, 0.15) is 71.1 Å². The molecule has 3 nitrogen and oxygen atoms in total. The molecule has 3 heteroatoms. The van der Waals surface area contributed by atoms with E-state index in [-0.39, 0.29) is 11.4 Å². The summed E-state index contributed by atoms with van der Waals surface area (Å²) in [5.74, 6) is 0.240. The van der Waals surface area contributed by atoms with Crippen molar-refractivity contribution >= 4 is 5.91 Å². The lowest BCUT2D eigenvalue weighted by Gasteiger charge is -2.37. The van der Waals surface area contributed by atoms with Gasteiger partial charge in [-0.3, -0.25) is 4.79 Å². The van der Waals surface area contributed by atoms with Crippen LogP contribution < -0.4 is 10.6 Å². The molecule has 2 aliphatic carbocycles. The Kier molecular flexibility index (Phi) is 4.88. The normalized spacial score (nSPS) is 25.2. The summed E-state index contributed by atoms with van der Waals surface area (Å²) in [4.78, 5) is 12.2. The quantitative estimate of drug-likeness (QED) is 0.803. The summed E-state index contributed by atoms with van der Waals surface area (Å²) >= 11 is 0. The zero-order valence-electron chi connectivity index (χ0n) is 12.7. The summed E-state index contributed by atoms with van der Waals surface area (Å²) in [5.41, 5.74) is 0.425. The molecule has 110 valence electrons. The maximum Gasteiger partial charge on any atom is 0.221 e.